The van der Waals surface area contributed by atoms with Gasteiger partial charge in [0.05, 0.1) is 18.2 Å². The molecule has 0 aliphatic carbocycles. The number of rotatable bonds is 7. The molecule has 7 nitrogen and oxygen atoms in total. The molecule has 0 radical (unpaired) electrons. The number of hydrogen-bond donors (Lipinski definition) is 0. The Labute approximate surface area is 186 Å². The summed E-state index contributed by atoms with van der Waals surface area (Å²) in [6, 6.07) is 9.37. The van der Waals surface area contributed by atoms with Gasteiger partial charge >= 0.3 is 0 Å². The van der Waals surface area contributed by atoms with Crippen molar-refractivity contribution < 1.29 is 22.7 Å². The average Bonchev–Trinajstić information content (AvgIpc) is 3.49. The normalized spacial score (nSPS) is 22.3. The average molecular weight is 463 g/mol. The van der Waals surface area contributed by atoms with E-state index in [2.05, 4.69) is 13.8 Å². The molecule has 2 aliphatic rings. The molecule has 0 N–H and O–H groups in total. The highest BCUT2D eigenvalue weighted by molar-refractivity contribution is 7.91. The van der Waals surface area contributed by atoms with Gasteiger partial charge in [-0.1, -0.05) is 32.0 Å². The monoisotopic (exact) mass is 462 g/mol. The lowest BCUT2D eigenvalue weighted by atomic mass is 10.0. The predicted octanol–water partition coefficient (Wildman–Crippen LogP) is 3.37. The third-order valence-electron chi connectivity index (χ3n) is 5.75. The molecule has 1 aromatic carbocycles. The van der Waals surface area contributed by atoms with Crippen LogP contribution in [0.3, 0.4) is 0 Å². The number of ether oxygens (including phenoxy) is 1. The largest absolute Gasteiger partial charge is 0.377 e. The van der Waals surface area contributed by atoms with Crippen molar-refractivity contribution >= 4 is 38.9 Å². The molecule has 2 unspecified atom stereocenters. The lowest BCUT2D eigenvalue weighted by molar-refractivity contribution is -0.122. The van der Waals surface area contributed by atoms with E-state index in [1.165, 1.54) is 10.4 Å². The quantitative estimate of drug-likeness (QED) is 0.589. The molecule has 2 saturated heterocycles. The molecule has 2 aromatic rings. The van der Waals surface area contributed by atoms with E-state index in [9.17, 15) is 18.0 Å². The maximum atomic E-state index is 13.4. The van der Waals surface area contributed by atoms with Crippen LogP contribution in [0.1, 0.15) is 44.6 Å². The number of carbonyl (C=O) groups is 2. The topological polar surface area (TPSA) is 84.0 Å². The summed E-state index contributed by atoms with van der Waals surface area (Å²) >= 11 is 1.10. The summed E-state index contributed by atoms with van der Waals surface area (Å²) in [7, 11) is -3.94. The number of amides is 2. The Morgan fingerprint density at radius 3 is 2.52 bits per heavy atom. The second-order valence-electron chi connectivity index (χ2n) is 8.18. The first-order valence-corrected chi connectivity index (χ1v) is 12.7. The van der Waals surface area contributed by atoms with Crippen LogP contribution >= 0.6 is 11.3 Å². The standard InChI is InChI=1S/C22H26N2O5S2/c1-15(2)16-7-9-17(10-8-16)24-20(25)13-19(22(24)26)23(14-18-5-3-11-29-18)31(27,28)21-6-4-12-30-21/h4,6-10,12,15,18-19H,3,5,11,13-14H2,1-2H3. The van der Waals surface area contributed by atoms with Crippen molar-refractivity contribution in [3.63, 3.8) is 0 Å². The summed E-state index contributed by atoms with van der Waals surface area (Å²) in [6.45, 7) is 4.76. The van der Waals surface area contributed by atoms with E-state index in [1.54, 1.807) is 23.6 Å². The first-order valence-electron chi connectivity index (χ1n) is 10.4. The predicted molar refractivity (Wildman–Crippen MR) is 119 cm³/mol. The fourth-order valence-corrected chi connectivity index (χ4v) is 6.76. The minimum Gasteiger partial charge on any atom is -0.377 e. The Bertz CT molecular complexity index is 1040. The molecular weight excluding hydrogens is 436 g/mol. The van der Waals surface area contributed by atoms with Crippen molar-refractivity contribution in [3.05, 3.63) is 47.3 Å². The van der Waals surface area contributed by atoms with Crippen LogP contribution in [0, 0.1) is 0 Å². The van der Waals surface area contributed by atoms with Gasteiger partial charge in [-0.25, -0.2) is 13.3 Å². The van der Waals surface area contributed by atoms with E-state index in [-0.39, 0.29) is 23.3 Å². The molecule has 4 rings (SSSR count). The van der Waals surface area contributed by atoms with Gasteiger partial charge in [0.2, 0.25) is 5.91 Å². The maximum Gasteiger partial charge on any atom is 0.253 e. The third-order valence-corrected chi connectivity index (χ3v) is 9.00. The summed E-state index contributed by atoms with van der Waals surface area (Å²) in [4.78, 5) is 27.3. The second-order valence-corrected chi connectivity index (χ2v) is 11.2. The molecule has 166 valence electrons. The van der Waals surface area contributed by atoms with Gasteiger partial charge in [0.15, 0.2) is 0 Å². The lowest BCUT2D eigenvalue weighted by Crippen LogP contribution is -2.48. The van der Waals surface area contributed by atoms with Crippen LogP contribution in [-0.2, 0) is 24.3 Å². The maximum absolute atomic E-state index is 13.4. The Morgan fingerprint density at radius 2 is 1.94 bits per heavy atom. The molecule has 31 heavy (non-hydrogen) atoms. The van der Waals surface area contributed by atoms with Crippen LogP contribution < -0.4 is 4.90 Å². The molecule has 1 aromatic heterocycles. The van der Waals surface area contributed by atoms with Gasteiger partial charge in [-0.3, -0.25) is 9.59 Å². The van der Waals surface area contributed by atoms with Crippen LogP contribution in [0.25, 0.3) is 0 Å². The molecule has 0 bridgehead atoms. The zero-order valence-corrected chi connectivity index (χ0v) is 19.2. The Hall–Kier alpha value is -2.07. The SMILES string of the molecule is CC(C)c1ccc(N2C(=O)CC(N(CC3CCCO3)S(=O)(=O)c3cccs3)C2=O)cc1. The van der Waals surface area contributed by atoms with Crippen LogP contribution in [-0.4, -0.2) is 49.8 Å². The molecule has 2 amide bonds. The third kappa shape index (κ3) is 4.32. The number of imide groups is 1. The lowest BCUT2D eigenvalue weighted by Gasteiger charge is -2.28. The number of anilines is 1. The van der Waals surface area contributed by atoms with Gasteiger partial charge in [-0.05, 0) is 47.9 Å². The smallest absolute Gasteiger partial charge is 0.253 e. The van der Waals surface area contributed by atoms with Crippen molar-refractivity contribution in [2.45, 2.75) is 55.4 Å². The van der Waals surface area contributed by atoms with Crippen molar-refractivity contribution in [1.29, 1.82) is 0 Å². The molecule has 2 atom stereocenters. The zero-order valence-electron chi connectivity index (χ0n) is 17.6. The van der Waals surface area contributed by atoms with Gasteiger partial charge in [0.25, 0.3) is 15.9 Å². The first kappa shape index (κ1) is 22.1. The number of thiophene rings is 1. The Kier molecular flexibility index (Phi) is 6.30. The van der Waals surface area contributed by atoms with E-state index in [0.717, 1.165) is 34.6 Å². The van der Waals surface area contributed by atoms with Gasteiger partial charge in [0.1, 0.15) is 10.3 Å². The fraction of sp³-hybridized carbons (Fsp3) is 0.455. The highest BCUT2D eigenvalue weighted by Gasteiger charge is 2.48. The first-order chi connectivity index (χ1) is 14.8. The molecule has 2 aliphatic heterocycles. The molecule has 0 saturated carbocycles. The fourth-order valence-electron chi connectivity index (χ4n) is 4.03. The highest BCUT2D eigenvalue weighted by atomic mass is 32.2. The number of benzene rings is 1. The van der Waals surface area contributed by atoms with Crippen LogP contribution in [0.15, 0.2) is 46.0 Å². The van der Waals surface area contributed by atoms with E-state index in [0.29, 0.717) is 18.2 Å². The van der Waals surface area contributed by atoms with Crippen LogP contribution in [0.5, 0.6) is 0 Å². The number of nitrogens with zero attached hydrogens (tertiary/aromatic N) is 2. The Morgan fingerprint density at radius 1 is 1.19 bits per heavy atom. The molecule has 0 spiro atoms. The zero-order chi connectivity index (χ0) is 22.2. The van der Waals surface area contributed by atoms with Crippen molar-refractivity contribution in [3.8, 4) is 0 Å². The van der Waals surface area contributed by atoms with Gasteiger partial charge in [0, 0.05) is 13.2 Å². The molecular formula is C22H26N2O5S2. The summed E-state index contributed by atoms with van der Waals surface area (Å²) in [5.41, 5.74) is 1.56. The summed E-state index contributed by atoms with van der Waals surface area (Å²) in [5.74, 6) is -0.587. The minimum atomic E-state index is -3.94. The second kappa shape index (κ2) is 8.82. The molecule has 2 fully saturated rings. The van der Waals surface area contributed by atoms with E-state index >= 15 is 0 Å². The van der Waals surface area contributed by atoms with Crippen LogP contribution in [0.4, 0.5) is 5.69 Å². The summed E-state index contributed by atoms with van der Waals surface area (Å²) < 4.78 is 33.8. The van der Waals surface area contributed by atoms with Gasteiger partial charge in [-0.15, -0.1) is 11.3 Å². The number of carbonyl (C=O) groups excluding carboxylic acids is 2. The van der Waals surface area contributed by atoms with E-state index in [4.69, 9.17) is 4.74 Å². The molecule has 3 heterocycles. The summed E-state index contributed by atoms with van der Waals surface area (Å²) in [5, 5.41) is 1.68. The van der Waals surface area contributed by atoms with E-state index in [1.807, 2.05) is 12.1 Å². The van der Waals surface area contributed by atoms with Crippen LogP contribution in [0.2, 0.25) is 0 Å². The Balaban J connectivity index is 1.65. The van der Waals surface area contributed by atoms with Crippen molar-refractivity contribution in [2.75, 3.05) is 18.1 Å². The van der Waals surface area contributed by atoms with Gasteiger partial charge in [-0.2, -0.15) is 4.31 Å². The number of sulfonamides is 1. The van der Waals surface area contributed by atoms with Crippen molar-refractivity contribution in [2.24, 2.45) is 0 Å². The molecule has 9 heteroatoms. The van der Waals surface area contributed by atoms with Crippen molar-refractivity contribution in [1.82, 2.24) is 4.31 Å². The van der Waals surface area contributed by atoms with Gasteiger partial charge < -0.3 is 4.74 Å². The minimum absolute atomic E-state index is 0.0596. The van der Waals surface area contributed by atoms with E-state index < -0.39 is 27.9 Å². The highest BCUT2D eigenvalue weighted by Crippen LogP contribution is 2.32. The number of hydrogen-bond acceptors (Lipinski definition) is 6. The summed E-state index contributed by atoms with van der Waals surface area (Å²) in [6.07, 6.45) is 1.12.